The summed E-state index contributed by atoms with van der Waals surface area (Å²) in [6, 6.07) is 12.7. The molecule has 2 aromatic carbocycles. The highest BCUT2D eigenvalue weighted by molar-refractivity contribution is 5.92. The van der Waals surface area contributed by atoms with Crippen molar-refractivity contribution >= 4 is 28.6 Å². The van der Waals surface area contributed by atoms with E-state index < -0.39 is 17.9 Å². The van der Waals surface area contributed by atoms with Crippen molar-refractivity contribution in [2.75, 3.05) is 6.54 Å². The fraction of sp³-hybridized carbons (Fsp3) is 0.381. The van der Waals surface area contributed by atoms with Crippen LogP contribution in [-0.2, 0) is 20.8 Å². The van der Waals surface area contributed by atoms with Crippen LogP contribution in [0.5, 0.6) is 0 Å². The maximum atomic E-state index is 12.2. The van der Waals surface area contributed by atoms with Crippen molar-refractivity contribution in [1.82, 2.24) is 10.6 Å². The molecule has 0 aliphatic heterocycles. The molecule has 0 heterocycles. The Hall–Kier alpha value is -2.89. The molecule has 0 spiro atoms. The van der Waals surface area contributed by atoms with E-state index in [0.29, 0.717) is 0 Å². The lowest BCUT2D eigenvalue weighted by Gasteiger charge is -2.20. The van der Waals surface area contributed by atoms with E-state index in [9.17, 15) is 19.5 Å². The van der Waals surface area contributed by atoms with Crippen LogP contribution in [0, 0.1) is 5.92 Å². The van der Waals surface area contributed by atoms with Crippen molar-refractivity contribution in [3.8, 4) is 0 Å². The van der Waals surface area contributed by atoms with Crippen molar-refractivity contribution in [2.45, 2.75) is 38.1 Å². The lowest BCUT2D eigenvalue weighted by molar-refractivity contribution is -0.143. The first kappa shape index (κ1) is 18.9. The Labute approximate surface area is 158 Å². The number of amides is 2. The van der Waals surface area contributed by atoms with Crippen LogP contribution in [-0.4, -0.2) is 35.5 Å². The summed E-state index contributed by atoms with van der Waals surface area (Å²) in [5.74, 6) is -1.79. The summed E-state index contributed by atoms with van der Waals surface area (Å²) in [6.45, 7) is -0.222. The number of benzene rings is 2. The summed E-state index contributed by atoms with van der Waals surface area (Å²) in [7, 11) is 0. The van der Waals surface area contributed by atoms with E-state index >= 15 is 0 Å². The number of carboxylic acid groups (broad SMARTS) is 1. The van der Waals surface area contributed by atoms with Gasteiger partial charge in [0.05, 0.1) is 13.0 Å². The minimum absolute atomic E-state index is 0.0298. The van der Waals surface area contributed by atoms with E-state index in [-0.39, 0.29) is 24.8 Å². The first-order valence-corrected chi connectivity index (χ1v) is 9.30. The molecule has 142 valence electrons. The van der Waals surface area contributed by atoms with Gasteiger partial charge in [0, 0.05) is 0 Å². The highest BCUT2D eigenvalue weighted by Gasteiger charge is 2.31. The quantitative estimate of drug-likeness (QED) is 0.698. The average Bonchev–Trinajstić information content (AvgIpc) is 3.19. The van der Waals surface area contributed by atoms with Crippen LogP contribution in [0.15, 0.2) is 42.5 Å². The number of hydrogen-bond donors (Lipinski definition) is 3. The second-order valence-corrected chi connectivity index (χ2v) is 7.02. The molecule has 1 atom stereocenters. The molecular weight excluding hydrogens is 344 g/mol. The number of rotatable bonds is 7. The van der Waals surface area contributed by atoms with Gasteiger partial charge in [-0.3, -0.25) is 9.59 Å². The van der Waals surface area contributed by atoms with Gasteiger partial charge < -0.3 is 15.7 Å². The van der Waals surface area contributed by atoms with Crippen LogP contribution in [0.1, 0.15) is 31.2 Å². The van der Waals surface area contributed by atoms with Crippen molar-refractivity contribution in [1.29, 1.82) is 0 Å². The smallest absolute Gasteiger partial charge is 0.326 e. The zero-order valence-electron chi connectivity index (χ0n) is 15.1. The molecule has 6 nitrogen and oxygen atoms in total. The molecule has 0 saturated heterocycles. The molecule has 6 heteroatoms. The van der Waals surface area contributed by atoms with Gasteiger partial charge in [-0.1, -0.05) is 55.3 Å². The highest BCUT2D eigenvalue weighted by atomic mass is 16.4. The second kappa shape index (κ2) is 8.66. The van der Waals surface area contributed by atoms with Gasteiger partial charge >= 0.3 is 5.97 Å². The Kier molecular flexibility index (Phi) is 6.06. The van der Waals surface area contributed by atoms with Gasteiger partial charge in [0.25, 0.3) is 0 Å². The predicted octanol–water partition coefficient (Wildman–Crippen LogP) is 2.26. The molecule has 3 rings (SSSR count). The predicted molar refractivity (Wildman–Crippen MR) is 102 cm³/mol. The maximum Gasteiger partial charge on any atom is 0.326 e. The van der Waals surface area contributed by atoms with E-state index in [1.54, 1.807) is 0 Å². The number of carbonyl (C=O) groups excluding carboxylic acids is 2. The van der Waals surface area contributed by atoms with Gasteiger partial charge in [-0.2, -0.15) is 0 Å². The second-order valence-electron chi connectivity index (χ2n) is 7.02. The number of fused-ring (bicyclic) bond motifs is 1. The van der Waals surface area contributed by atoms with Crippen molar-refractivity contribution in [3.05, 3.63) is 48.0 Å². The van der Waals surface area contributed by atoms with E-state index in [1.807, 2.05) is 42.5 Å². The molecule has 27 heavy (non-hydrogen) atoms. The standard InChI is InChI=1S/C21H24N2O4/c24-18(12-16-10-5-9-14-6-3-4-11-17(14)16)22-13-19(25)23-20(21(26)27)15-7-1-2-8-15/h3-6,9-11,15,20H,1-2,7-8,12-13H2,(H,22,24)(H,23,25)(H,26,27). The Morgan fingerprint density at radius 1 is 1.00 bits per heavy atom. The summed E-state index contributed by atoms with van der Waals surface area (Å²) in [6.07, 6.45) is 3.77. The molecule has 1 unspecified atom stereocenters. The first-order chi connectivity index (χ1) is 13.0. The van der Waals surface area contributed by atoms with Crippen LogP contribution in [0.2, 0.25) is 0 Å². The van der Waals surface area contributed by atoms with Crippen molar-refractivity contribution in [2.24, 2.45) is 5.92 Å². The van der Waals surface area contributed by atoms with Crippen LogP contribution in [0.25, 0.3) is 10.8 Å². The third-order valence-electron chi connectivity index (χ3n) is 5.13. The highest BCUT2D eigenvalue weighted by Crippen LogP contribution is 2.27. The number of carbonyl (C=O) groups is 3. The van der Waals surface area contributed by atoms with Crippen molar-refractivity contribution < 1.29 is 19.5 Å². The lowest BCUT2D eigenvalue weighted by atomic mass is 9.98. The summed E-state index contributed by atoms with van der Waals surface area (Å²) < 4.78 is 0. The van der Waals surface area contributed by atoms with Gasteiger partial charge in [-0.05, 0) is 35.1 Å². The number of hydrogen-bond acceptors (Lipinski definition) is 3. The fourth-order valence-corrected chi connectivity index (χ4v) is 3.76. The number of nitrogens with one attached hydrogen (secondary N) is 2. The van der Waals surface area contributed by atoms with Gasteiger partial charge in [0.2, 0.25) is 11.8 Å². The summed E-state index contributed by atoms with van der Waals surface area (Å²) in [4.78, 5) is 35.7. The Morgan fingerprint density at radius 2 is 1.70 bits per heavy atom. The Balaban J connectivity index is 1.53. The minimum Gasteiger partial charge on any atom is -0.480 e. The molecule has 3 N–H and O–H groups in total. The maximum absolute atomic E-state index is 12.2. The molecular formula is C21H24N2O4. The first-order valence-electron chi connectivity index (χ1n) is 9.30. The van der Waals surface area contributed by atoms with Gasteiger partial charge in [-0.15, -0.1) is 0 Å². The molecule has 1 saturated carbocycles. The fourth-order valence-electron chi connectivity index (χ4n) is 3.76. The molecule has 0 radical (unpaired) electrons. The van der Waals surface area contributed by atoms with E-state index in [0.717, 1.165) is 42.0 Å². The molecule has 1 aliphatic carbocycles. The summed E-state index contributed by atoms with van der Waals surface area (Å²) in [5, 5.41) is 16.6. The lowest BCUT2D eigenvalue weighted by Crippen LogP contribution is -2.48. The van der Waals surface area contributed by atoms with Crippen LogP contribution in [0.4, 0.5) is 0 Å². The van der Waals surface area contributed by atoms with Gasteiger partial charge in [0.15, 0.2) is 0 Å². The van der Waals surface area contributed by atoms with Crippen molar-refractivity contribution in [3.63, 3.8) is 0 Å². The normalized spacial score (nSPS) is 15.4. The van der Waals surface area contributed by atoms with E-state index in [2.05, 4.69) is 10.6 Å². The molecule has 0 aromatic heterocycles. The van der Waals surface area contributed by atoms with Gasteiger partial charge in [0.1, 0.15) is 6.04 Å². The largest absolute Gasteiger partial charge is 0.480 e. The SMILES string of the molecule is O=C(Cc1cccc2ccccc12)NCC(=O)NC(C(=O)O)C1CCCC1. The van der Waals surface area contributed by atoms with Crippen LogP contribution < -0.4 is 10.6 Å². The summed E-state index contributed by atoms with van der Waals surface area (Å²) >= 11 is 0. The molecule has 1 aliphatic rings. The minimum atomic E-state index is -1.02. The molecule has 2 aromatic rings. The van der Waals surface area contributed by atoms with Crippen LogP contribution >= 0.6 is 0 Å². The molecule has 1 fully saturated rings. The number of aliphatic carboxylic acids is 1. The van der Waals surface area contributed by atoms with E-state index in [4.69, 9.17) is 0 Å². The Morgan fingerprint density at radius 3 is 2.44 bits per heavy atom. The van der Waals surface area contributed by atoms with Crippen LogP contribution in [0.3, 0.4) is 0 Å². The third-order valence-corrected chi connectivity index (χ3v) is 5.13. The molecule has 2 amide bonds. The topological polar surface area (TPSA) is 95.5 Å². The van der Waals surface area contributed by atoms with E-state index in [1.165, 1.54) is 0 Å². The zero-order chi connectivity index (χ0) is 19.2. The Bertz CT molecular complexity index is 838. The third kappa shape index (κ3) is 4.84. The number of carboxylic acids is 1. The average molecular weight is 368 g/mol. The monoisotopic (exact) mass is 368 g/mol. The molecule has 0 bridgehead atoms. The van der Waals surface area contributed by atoms with Gasteiger partial charge in [-0.25, -0.2) is 4.79 Å². The summed E-state index contributed by atoms with van der Waals surface area (Å²) in [5.41, 5.74) is 0.889. The zero-order valence-corrected chi connectivity index (χ0v) is 15.1.